The van der Waals surface area contributed by atoms with Crippen molar-refractivity contribution in [1.82, 2.24) is 15.1 Å². The van der Waals surface area contributed by atoms with Crippen LogP contribution in [0.3, 0.4) is 0 Å². The average Bonchev–Trinajstić information content (AvgIpc) is 2.77. The second kappa shape index (κ2) is 5.71. The van der Waals surface area contributed by atoms with Crippen LogP contribution in [0.15, 0.2) is 12.4 Å². The minimum absolute atomic E-state index is 0.144. The van der Waals surface area contributed by atoms with Crippen molar-refractivity contribution < 1.29 is 8.42 Å². The molecule has 1 aliphatic heterocycles. The summed E-state index contributed by atoms with van der Waals surface area (Å²) < 4.78 is 27.7. The molecule has 2 rings (SSSR count). The molecule has 1 fully saturated rings. The molecule has 18 heavy (non-hydrogen) atoms. The third-order valence-corrected chi connectivity index (χ3v) is 4.52. The zero-order valence-corrected chi connectivity index (χ0v) is 11.4. The van der Waals surface area contributed by atoms with Gasteiger partial charge in [0.15, 0.2) is 0 Å². The third-order valence-electron chi connectivity index (χ3n) is 3.03. The van der Waals surface area contributed by atoms with E-state index >= 15 is 0 Å². The molecular formula is C11H20N4O2S. The van der Waals surface area contributed by atoms with Crippen LogP contribution in [0.1, 0.15) is 32.2 Å². The van der Waals surface area contributed by atoms with Gasteiger partial charge in [0.1, 0.15) is 0 Å². The molecule has 1 aromatic rings. The molecule has 0 radical (unpaired) electrons. The van der Waals surface area contributed by atoms with Crippen molar-refractivity contribution in [2.75, 3.05) is 23.6 Å². The van der Waals surface area contributed by atoms with Crippen molar-refractivity contribution in [3.8, 4) is 0 Å². The molecule has 0 bridgehead atoms. The fraction of sp³-hybridized carbons (Fsp3) is 0.727. The number of rotatable bonds is 5. The van der Waals surface area contributed by atoms with Gasteiger partial charge in [0, 0.05) is 6.20 Å². The zero-order valence-electron chi connectivity index (χ0n) is 10.6. The van der Waals surface area contributed by atoms with Gasteiger partial charge in [-0.3, -0.25) is 9.40 Å². The van der Waals surface area contributed by atoms with Gasteiger partial charge in [-0.05, 0) is 32.4 Å². The lowest BCUT2D eigenvalue weighted by molar-refractivity contribution is 0.343. The molecule has 0 amide bonds. The first-order valence-electron chi connectivity index (χ1n) is 6.36. The van der Waals surface area contributed by atoms with E-state index in [9.17, 15) is 8.42 Å². The smallest absolute Gasteiger partial charge is 0.232 e. The Labute approximate surface area is 108 Å². The molecule has 0 unspecified atom stereocenters. The number of nitrogens with zero attached hydrogens (tertiary/aromatic N) is 2. The maximum absolute atomic E-state index is 11.6. The van der Waals surface area contributed by atoms with Crippen LogP contribution >= 0.6 is 0 Å². The van der Waals surface area contributed by atoms with Gasteiger partial charge >= 0.3 is 0 Å². The Kier molecular flexibility index (Phi) is 4.23. The highest BCUT2D eigenvalue weighted by molar-refractivity contribution is 7.92. The molecule has 7 heteroatoms. The molecule has 1 aromatic heterocycles. The molecule has 1 aliphatic rings. The summed E-state index contributed by atoms with van der Waals surface area (Å²) in [7, 11) is -3.22. The van der Waals surface area contributed by atoms with Crippen LogP contribution in [0.25, 0.3) is 0 Å². The van der Waals surface area contributed by atoms with Gasteiger partial charge in [-0.15, -0.1) is 0 Å². The second-order valence-electron chi connectivity index (χ2n) is 4.61. The van der Waals surface area contributed by atoms with Crippen molar-refractivity contribution in [3.63, 3.8) is 0 Å². The molecule has 0 aromatic carbocycles. The molecule has 1 saturated heterocycles. The van der Waals surface area contributed by atoms with E-state index in [0.717, 1.165) is 25.9 Å². The second-order valence-corrected chi connectivity index (χ2v) is 6.45. The largest absolute Gasteiger partial charge is 0.317 e. The summed E-state index contributed by atoms with van der Waals surface area (Å²) in [6.45, 7) is 3.82. The zero-order chi connectivity index (χ0) is 13.0. The van der Waals surface area contributed by atoms with Gasteiger partial charge < -0.3 is 5.32 Å². The highest BCUT2D eigenvalue weighted by atomic mass is 32.2. The number of piperidine rings is 1. The summed E-state index contributed by atoms with van der Waals surface area (Å²) >= 11 is 0. The molecule has 0 atom stereocenters. The number of nitrogens with one attached hydrogen (secondary N) is 2. The third kappa shape index (κ3) is 3.46. The lowest BCUT2D eigenvalue weighted by Crippen LogP contribution is -2.29. The van der Waals surface area contributed by atoms with Crippen LogP contribution in [0.2, 0.25) is 0 Å². The van der Waals surface area contributed by atoms with Crippen LogP contribution < -0.4 is 10.0 Å². The van der Waals surface area contributed by atoms with Crippen molar-refractivity contribution in [3.05, 3.63) is 12.4 Å². The Balaban J connectivity index is 2.01. The monoisotopic (exact) mass is 272 g/mol. The quantitative estimate of drug-likeness (QED) is 0.837. The first kappa shape index (κ1) is 13.4. The summed E-state index contributed by atoms with van der Waals surface area (Å²) in [5.41, 5.74) is 0.557. The van der Waals surface area contributed by atoms with E-state index in [4.69, 9.17) is 0 Å². The topological polar surface area (TPSA) is 76.0 Å². The van der Waals surface area contributed by atoms with Crippen LogP contribution in [0.5, 0.6) is 0 Å². The van der Waals surface area contributed by atoms with Crippen LogP contribution in [0, 0.1) is 0 Å². The summed E-state index contributed by atoms with van der Waals surface area (Å²) in [6.07, 6.45) is 6.03. The summed E-state index contributed by atoms with van der Waals surface area (Å²) in [5.74, 6) is 0.144. The highest BCUT2D eigenvalue weighted by Crippen LogP contribution is 2.19. The Morgan fingerprint density at radius 2 is 2.22 bits per heavy atom. The van der Waals surface area contributed by atoms with Gasteiger partial charge in [-0.2, -0.15) is 5.10 Å². The van der Waals surface area contributed by atoms with Crippen LogP contribution in [-0.2, 0) is 10.0 Å². The first-order valence-corrected chi connectivity index (χ1v) is 8.01. The maximum atomic E-state index is 11.6. The van der Waals surface area contributed by atoms with E-state index in [0.29, 0.717) is 18.2 Å². The normalized spacial score (nSPS) is 17.8. The minimum atomic E-state index is -3.22. The number of sulfonamides is 1. The molecule has 102 valence electrons. The van der Waals surface area contributed by atoms with E-state index in [2.05, 4.69) is 15.1 Å². The van der Waals surface area contributed by atoms with E-state index in [1.807, 2.05) is 11.6 Å². The number of aromatic nitrogens is 2. The standard InChI is InChI=1S/C11H20N4O2S/c1-2-7-18(16,17)14-10-8-13-15(9-10)11-3-5-12-6-4-11/h8-9,11-12,14H,2-7H2,1H3. The Hall–Kier alpha value is -1.08. The fourth-order valence-corrected chi connectivity index (χ4v) is 3.27. The van der Waals surface area contributed by atoms with Gasteiger partial charge in [0.05, 0.1) is 23.7 Å². The van der Waals surface area contributed by atoms with Crippen molar-refractivity contribution in [1.29, 1.82) is 0 Å². The van der Waals surface area contributed by atoms with E-state index in [1.54, 1.807) is 12.4 Å². The SMILES string of the molecule is CCCS(=O)(=O)Nc1cnn(C2CCNCC2)c1. The number of anilines is 1. The average molecular weight is 272 g/mol. The van der Waals surface area contributed by atoms with Gasteiger partial charge in [-0.25, -0.2) is 8.42 Å². The van der Waals surface area contributed by atoms with Crippen LogP contribution in [0.4, 0.5) is 5.69 Å². The number of hydrogen-bond donors (Lipinski definition) is 2. The molecule has 0 aliphatic carbocycles. The Morgan fingerprint density at radius 3 is 2.89 bits per heavy atom. The maximum Gasteiger partial charge on any atom is 0.232 e. The summed E-state index contributed by atoms with van der Waals surface area (Å²) in [5, 5.41) is 7.54. The van der Waals surface area contributed by atoms with Crippen molar-refractivity contribution in [2.24, 2.45) is 0 Å². The number of hydrogen-bond acceptors (Lipinski definition) is 4. The lowest BCUT2D eigenvalue weighted by Gasteiger charge is -2.22. The predicted octanol–water partition coefficient (Wildman–Crippen LogP) is 0.959. The molecule has 0 saturated carbocycles. The van der Waals surface area contributed by atoms with Crippen molar-refractivity contribution >= 4 is 15.7 Å². The van der Waals surface area contributed by atoms with Crippen molar-refractivity contribution in [2.45, 2.75) is 32.2 Å². The molecule has 0 spiro atoms. The summed E-state index contributed by atoms with van der Waals surface area (Å²) in [4.78, 5) is 0. The Bertz CT molecular complexity index is 477. The Morgan fingerprint density at radius 1 is 1.50 bits per heavy atom. The molecule has 2 heterocycles. The van der Waals surface area contributed by atoms with E-state index in [1.165, 1.54) is 0 Å². The minimum Gasteiger partial charge on any atom is -0.317 e. The molecule has 2 N–H and O–H groups in total. The van der Waals surface area contributed by atoms with E-state index in [-0.39, 0.29) is 5.75 Å². The first-order chi connectivity index (χ1) is 8.61. The lowest BCUT2D eigenvalue weighted by atomic mass is 10.1. The van der Waals surface area contributed by atoms with Gasteiger partial charge in [0.25, 0.3) is 0 Å². The fourth-order valence-electron chi connectivity index (χ4n) is 2.16. The molecule has 6 nitrogen and oxygen atoms in total. The summed E-state index contributed by atoms with van der Waals surface area (Å²) in [6, 6.07) is 0.371. The van der Waals surface area contributed by atoms with Gasteiger partial charge in [0.2, 0.25) is 10.0 Å². The van der Waals surface area contributed by atoms with E-state index < -0.39 is 10.0 Å². The highest BCUT2D eigenvalue weighted by Gasteiger charge is 2.17. The predicted molar refractivity (Wildman–Crippen MR) is 71.1 cm³/mol. The van der Waals surface area contributed by atoms with Crippen LogP contribution in [-0.4, -0.2) is 37.0 Å². The molecular weight excluding hydrogens is 252 g/mol. The van der Waals surface area contributed by atoms with Gasteiger partial charge in [-0.1, -0.05) is 6.92 Å².